The van der Waals surface area contributed by atoms with Crippen LogP contribution in [-0.4, -0.2) is 44.5 Å². The molecule has 1 unspecified atom stereocenters. The fourth-order valence-corrected chi connectivity index (χ4v) is 1.11. The summed E-state index contributed by atoms with van der Waals surface area (Å²) >= 11 is 0. The number of carbonyl (C=O) groups is 1. The standard InChI is InChI=1S/C7H13NO2/c1-8(2)3-6-4-10-5-7(6)9/h6H,3-5H2,1-2H3. The molecule has 0 radical (unpaired) electrons. The van der Waals surface area contributed by atoms with Crippen molar-refractivity contribution in [2.45, 2.75) is 0 Å². The molecule has 3 nitrogen and oxygen atoms in total. The lowest BCUT2D eigenvalue weighted by atomic mass is 10.1. The van der Waals surface area contributed by atoms with Crippen molar-refractivity contribution in [3.63, 3.8) is 0 Å². The molecule has 1 rings (SSSR count). The van der Waals surface area contributed by atoms with E-state index in [1.165, 1.54) is 0 Å². The molecule has 0 aromatic heterocycles. The van der Waals surface area contributed by atoms with Crippen molar-refractivity contribution in [2.75, 3.05) is 33.9 Å². The van der Waals surface area contributed by atoms with Crippen LogP contribution in [0.5, 0.6) is 0 Å². The smallest absolute Gasteiger partial charge is 0.165 e. The van der Waals surface area contributed by atoms with Crippen molar-refractivity contribution in [2.24, 2.45) is 5.92 Å². The topological polar surface area (TPSA) is 29.5 Å². The van der Waals surface area contributed by atoms with Crippen molar-refractivity contribution in [1.82, 2.24) is 4.90 Å². The minimum Gasteiger partial charge on any atom is -0.373 e. The summed E-state index contributed by atoms with van der Waals surface area (Å²) in [6.45, 7) is 1.74. The Morgan fingerprint density at radius 2 is 2.40 bits per heavy atom. The van der Waals surface area contributed by atoms with Crippen LogP contribution < -0.4 is 0 Å². The van der Waals surface area contributed by atoms with Crippen LogP contribution in [0.4, 0.5) is 0 Å². The Morgan fingerprint density at radius 1 is 1.70 bits per heavy atom. The van der Waals surface area contributed by atoms with Gasteiger partial charge in [-0.25, -0.2) is 0 Å². The molecule has 0 bridgehead atoms. The molecule has 3 heteroatoms. The number of hydrogen-bond acceptors (Lipinski definition) is 3. The number of carbonyl (C=O) groups excluding carboxylic acids is 1. The number of Topliss-reactive ketones (excluding diaryl/α,β-unsaturated/α-hetero) is 1. The first-order chi connectivity index (χ1) is 4.70. The van der Waals surface area contributed by atoms with Gasteiger partial charge in [0, 0.05) is 6.54 Å². The molecule has 0 amide bonds. The van der Waals surface area contributed by atoms with Crippen LogP contribution in [0.15, 0.2) is 0 Å². The Kier molecular flexibility index (Phi) is 2.40. The Morgan fingerprint density at radius 3 is 2.80 bits per heavy atom. The van der Waals surface area contributed by atoms with Crippen LogP contribution in [0.3, 0.4) is 0 Å². The second kappa shape index (κ2) is 3.12. The summed E-state index contributed by atoms with van der Waals surface area (Å²) in [5.41, 5.74) is 0. The fraction of sp³-hybridized carbons (Fsp3) is 0.857. The van der Waals surface area contributed by atoms with E-state index in [0.29, 0.717) is 13.2 Å². The summed E-state index contributed by atoms with van der Waals surface area (Å²) in [7, 11) is 3.93. The third kappa shape index (κ3) is 1.78. The average molecular weight is 143 g/mol. The first-order valence-electron chi connectivity index (χ1n) is 3.45. The van der Waals surface area contributed by atoms with Gasteiger partial charge in [0.1, 0.15) is 6.61 Å². The van der Waals surface area contributed by atoms with Crippen LogP contribution in [0.25, 0.3) is 0 Å². The van der Waals surface area contributed by atoms with Crippen LogP contribution in [-0.2, 0) is 9.53 Å². The third-order valence-electron chi connectivity index (χ3n) is 1.60. The lowest BCUT2D eigenvalue weighted by Crippen LogP contribution is -2.26. The Hall–Kier alpha value is -0.410. The Labute approximate surface area is 61.0 Å². The third-order valence-corrected chi connectivity index (χ3v) is 1.60. The maximum atomic E-state index is 11.0. The number of ketones is 1. The maximum Gasteiger partial charge on any atom is 0.165 e. The molecule has 0 aromatic rings. The van der Waals surface area contributed by atoms with E-state index in [-0.39, 0.29) is 11.7 Å². The van der Waals surface area contributed by atoms with Gasteiger partial charge in [-0.15, -0.1) is 0 Å². The minimum absolute atomic E-state index is 0.120. The van der Waals surface area contributed by atoms with Crippen LogP contribution >= 0.6 is 0 Å². The van der Waals surface area contributed by atoms with Gasteiger partial charge in [-0.05, 0) is 14.1 Å². The molecular formula is C7H13NO2. The van der Waals surface area contributed by atoms with Gasteiger partial charge in [0.15, 0.2) is 5.78 Å². The summed E-state index contributed by atoms with van der Waals surface area (Å²) in [4.78, 5) is 13.0. The number of nitrogens with zero attached hydrogens (tertiary/aromatic N) is 1. The molecule has 1 fully saturated rings. The molecule has 0 N–H and O–H groups in total. The average Bonchev–Trinajstić information content (AvgIpc) is 2.15. The molecule has 0 aliphatic carbocycles. The maximum absolute atomic E-state index is 11.0. The monoisotopic (exact) mass is 143 g/mol. The highest BCUT2D eigenvalue weighted by molar-refractivity contribution is 5.84. The van der Waals surface area contributed by atoms with Gasteiger partial charge in [0.2, 0.25) is 0 Å². The first-order valence-corrected chi connectivity index (χ1v) is 3.45. The van der Waals surface area contributed by atoms with Crippen molar-refractivity contribution in [3.05, 3.63) is 0 Å². The normalized spacial score (nSPS) is 26.3. The predicted molar refractivity (Wildman–Crippen MR) is 37.9 cm³/mol. The Balaban J connectivity index is 2.33. The molecule has 0 aromatic carbocycles. The highest BCUT2D eigenvalue weighted by Crippen LogP contribution is 2.08. The minimum atomic E-state index is 0.120. The number of rotatable bonds is 2. The largest absolute Gasteiger partial charge is 0.373 e. The SMILES string of the molecule is CN(C)CC1COCC1=O. The predicted octanol–water partition coefficient (Wildman–Crippen LogP) is -0.237. The summed E-state index contributed by atoms with van der Waals surface area (Å²) < 4.78 is 4.99. The van der Waals surface area contributed by atoms with Crippen molar-refractivity contribution < 1.29 is 9.53 Å². The molecule has 1 saturated heterocycles. The van der Waals surface area contributed by atoms with E-state index >= 15 is 0 Å². The van der Waals surface area contributed by atoms with Gasteiger partial charge in [0.05, 0.1) is 12.5 Å². The van der Waals surface area contributed by atoms with Crippen LogP contribution in [0.1, 0.15) is 0 Å². The molecule has 58 valence electrons. The molecule has 0 spiro atoms. The van der Waals surface area contributed by atoms with E-state index in [9.17, 15) is 4.79 Å². The highest BCUT2D eigenvalue weighted by atomic mass is 16.5. The van der Waals surface area contributed by atoms with Crippen molar-refractivity contribution >= 4 is 5.78 Å². The van der Waals surface area contributed by atoms with E-state index < -0.39 is 0 Å². The molecule has 1 aliphatic heterocycles. The second-order valence-corrected chi connectivity index (χ2v) is 2.94. The molecule has 10 heavy (non-hydrogen) atoms. The highest BCUT2D eigenvalue weighted by Gasteiger charge is 2.25. The lowest BCUT2D eigenvalue weighted by Gasteiger charge is -2.12. The summed E-state index contributed by atoms with van der Waals surface area (Å²) in [5.74, 6) is 0.365. The molecular weight excluding hydrogens is 130 g/mol. The fourth-order valence-electron chi connectivity index (χ4n) is 1.11. The molecule has 1 atom stereocenters. The quantitative estimate of drug-likeness (QED) is 0.534. The molecule has 1 heterocycles. The zero-order valence-electron chi connectivity index (χ0n) is 6.46. The van der Waals surface area contributed by atoms with Gasteiger partial charge < -0.3 is 9.64 Å². The molecule has 0 saturated carbocycles. The zero-order valence-corrected chi connectivity index (χ0v) is 6.46. The van der Waals surface area contributed by atoms with Gasteiger partial charge in [0.25, 0.3) is 0 Å². The van der Waals surface area contributed by atoms with E-state index in [1.54, 1.807) is 0 Å². The van der Waals surface area contributed by atoms with E-state index in [2.05, 4.69) is 0 Å². The summed E-state index contributed by atoms with van der Waals surface area (Å²) in [6.07, 6.45) is 0. The number of ether oxygens (including phenoxy) is 1. The van der Waals surface area contributed by atoms with E-state index in [4.69, 9.17) is 4.74 Å². The van der Waals surface area contributed by atoms with Gasteiger partial charge in [-0.2, -0.15) is 0 Å². The Bertz CT molecular complexity index is 134. The zero-order chi connectivity index (χ0) is 7.56. The first kappa shape index (κ1) is 7.69. The van der Waals surface area contributed by atoms with Crippen LogP contribution in [0.2, 0.25) is 0 Å². The van der Waals surface area contributed by atoms with E-state index in [1.807, 2.05) is 19.0 Å². The molecule has 1 aliphatic rings. The van der Waals surface area contributed by atoms with Gasteiger partial charge in [-0.1, -0.05) is 0 Å². The van der Waals surface area contributed by atoms with Crippen molar-refractivity contribution in [3.8, 4) is 0 Å². The van der Waals surface area contributed by atoms with Gasteiger partial charge in [-0.3, -0.25) is 4.79 Å². The van der Waals surface area contributed by atoms with E-state index in [0.717, 1.165) is 6.54 Å². The second-order valence-electron chi connectivity index (χ2n) is 2.94. The van der Waals surface area contributed by atoms with Gasteiger partial charge >= 0.3 is 0 Å². The number of hydrogen-bond donors (Lipinski definition) is 0. The summed E-state index contributed by atoms with van der Waals surface area (Å²) in [5, 5.41) is 0. The van der Waals surface area contributed by atoms with Crippen LogP contribution in [0, 0.1) is 5.92 Å². The summed E-state index contributed by atoms with van der Waals surface area (Å²) in [6, 6.07) is 0. The van der Waals surface area contributed by atoms with Crippen molar-refractivity contribution in [1.29, 1.82) is 0 Å². The lowest BCUT2D eigenvalue weighted by molar-refractivity contribution is -0.120.